The quantitative estimate of drug-likeness (QED) is 0.477. The second-order valence-electron chi connectivity index (χ2n) is 6.81. The Kier molecular flexibility index (Phi) is 5.58. The van der Waals surface area contributed by atoms with Crippen molar-refractivity contribution in [1.82, 2.24) is 4.98 Å². The van der Waals surface area contributed by atoms with Crippen LogP contribution in [0.4, 0.5) is 13.2 Å². The van der Waals surface area contributed by atoms with Gasteiger partial charge in [-0.25, -0.2) is 9.78 Å². The van der Waals surface area contributed by atoms with Crippen molar-refractivity contribution < 1.29 is 27.8 Å². The fourth-order valence-electron chi connectivity index (χ4n) is 3.10. The number of carboxylic acid groups (broad SMARTS) is 1. The maximum atomic E-state index is 13.1. The van der Waals surface area contributed by atoms with E-state index in [4.69, 9.17) is 4.74 Å². The van der Waals surface area contributed by atoms with E-state index in [1.54, 1.807) is 12.1 Å². The average Bonchev–Trinajstić information content (AvgIpc) is 2.61. The van der Waals surface area contributed by atoms with Gasteiger partial charge in [-0.1, -0.05) is 12.1 Å². The third-order valence-corrected chi connectivity index (χ3v) is 4.94. The number of hydrogen-bond donors (Lipinski definition) is 1. The Labute approximate surface area is 173 Å². The molecule has 8 heteroatoms. The summed E-state index contributed by atoms with van der Waals surface area (Å²) in [6, 6.07) is 7.88. The Morgan fingerprint density at radius 1 is 1.21 bits per heavy atom. The van der Waals surface area contributed by atoms with Crippen molar-refractivity contribution in [3.05, 3.63) is 57.6 Å². The second kappa shape index (κ2) is 7.67. The van der Waals surface area contributed by atoms with Crippen LogP contribution in [0.5, 0.6) is 5.75 Å². The summed E-state index contributed by atoms with van der Waals surface area (Å²) in [5.41, 5.74) is 0.134. The lowest BCUT2D eigenvalue weighted by molar-refractivity contribution is -0.137. The normalized spacial score (nSPS) is 11.9. The van der Waals surface area contributed by atoms with Crippen LogP contribution in [0.1, 0.15) is 35.3 Å². The van der Waals surface area contributed by atoms with Crippen LogP contribution in [0.3, 0.4) is 0 Å². The molecule has 0 saturated carbocycles. The van der Waals surface area contributed by atoms with E-state index < -0.39 is 17.7 Å². The molecule has 0 aliphatic rings. The summed E-state index contributed by atoms with van der Waals surface area (Å²) in [6.45, 7) is 5.23. The van der Waals surface area contributed by atoms with Crippen molar-refractivity contribution in [3.63, 3.8) is 0 Å². The van der Waals surface area contributed by atoms with Crippen LogP contribution in [-0.4, -0.2) is 22.2 Å². The summed E-state index contributed by atoms with van der Waals surface area (Å²) in [5, 5.41) is 10.1. The smallest absolute Gasteiger partial charge is 0.416 e. The van der Waals surface area contributed by atoms with E-state index >= 15 is 0 Å². The molecule has 4 nitrogen and oxygen atoms in total. The monoisotopic (exact) mass is 467 g/mol. The summed E-state index contributed by atoms with van der Waals surface area (Å²) >= 11 is 3.38. The van der Waals surface area contributed by atoms with Crippen molar-refractivity contribution >= 4 is 32.8 Å². The molecule has 29 heavy (non-hydrogen) atoms. The Balaban J connectivity index is 2.32. The SMILES string of the molecule is Cc1c(-c2cccc(C(F)(F)F)c2)nc2cc(OC(C)C)c(Br)cc2c1C(=O)O. The van der Waals surface area contributed by atoms with E-state index in [0.717, 1.165) is 12.1 Å². The van der Waals surface area contributed by atoms with Gasteiger partial charge in [-0.2, -0.15) is 13.2 Å². The zero-order chi connectivity index (χ0) is 21.5. The van der Waals surface area contributed by atoms with Gasteiger partial charge in [0.05, 0.1) is 32.9 Å². The molecule has 1 N–H and O–H groups in total. The molecule has 0 unspecified atom stereocenters. The zero-order valence-corrected chi connectivity index (χ0v) is 17.4. The van der Waals surface area contributed by atoms with Gasteiger partial charge in [0.1, 0.15) is 5.75 Å². The number of ether oxygens (including phenoxy) is 1. The summed E-state index contributed by atoms with van der Waals surface area (Å²) in [6.07, 6.45) is -4.64. The van der Waals surface area contributed by atoms with E-state index in [1.165, 1.54) is 19.1 Å². The van der Waals surface area contributed by atoms with Crippen molar-refractivity contribution in [2.24, 2.45) is 0 Å². The van der Waals surface area contributed by atoms with Gasteiger partial charge >= 0.3 is 12.1 Å². The maximum Gasteiger partial charge on any atom is 0.416 e. The molecule has 0 fully saturated rings. The van der Waals surface area contributed by atoms with Crippen LogP contribution in [0.2, 0.25) is 0 Å². The van der Waals surface area contributed by atoms with Crippen molar-refractivity contribution in [1.29, 1.82) is 0 Å². The number of benzene rings is 2. The summed E-state index contributed by atoms with van der Waals surface area (Å²) < 4.78 is 45.7. The standard InChI is InChI=1S/C21H17BrF3NO3/c1-10(2)29-17-9-16-14(8-15(17)22)18(20(27)28)11(3)19(26-16)12-5-4-6-13(7-12)21(23,24)25/h4-10H,1-3H3,(H,27,28). The van der Waals surface area contributed by atoms with Gasteiger partial charge in [0.25, 0.3) is 0 Å². The number of rotatable bonds is 4. The fourth-order valence-corrected chi connectivity index (χ4v) is 3.54. The van der Waals surface area contributed by atoms with Crippen molar-refractivity contribution in [3.8, 4) is 17.0 Å². The molecular formula is C21H17BrF3NO3. The molecular weight excluding hydrogens is 451 g/mol. The predicted molar refractivity (Wildman–Crippen MR) is 107 cm³/mol. The van der Waals surface area contributed by atoms with Gasteiger partial charge in [0.15, 0.2) is 0 Å². The lowest BCUT2D eigenvalue weighted by Crippen LogP contribution is -2.08. The maximum absolute atomic E-state index is 13.1. The van der Waals surface area contributed by atoms with Crippen molar-refractivity contribution in [2.75, 3.05) is 0 Å². The molecule has 0 atom stereocenters. The second-order valence-corrected chi connectivity index (χ2v) is 7.66. The molecule has 0 saturated heterocycles. The Morgan fingerprint density at radius 2 is 1.90 bits per heavy atom. The van der Waals surface area contributed by atoms with E-state index in [0.29, 0.717) is 21.1 Å². The Bertz CT molecular complexity index is 1110. The highest BCUT2D eigenvalue weighted by Gasteiger charge is 2.31. The van der Waals surface area contributed by atoms with E-state index in [2.05, 4.69) is 20.9 Å². The first kappa shape index (κ1) is 21.1. The molecule has 1 heterocycles. The zero-order valence-electron chi connectivity index (χ0n) is 15.8. The van der Waals surface area contributed by atoms with Crippen LogP contribution in [0.15, 0.2) is 40.9 Å². The molecule has 0 amide bonds. The predicted octanol–water partition coefficient (Wildman–Crippen LogP) is 6.48. The third-order valence-electron chi connectivity index (χ3n) is 4.32. The van der Waals surface area contributed by atoms with Crippen LogP contribution in [-0.2, 0) is 6.18 Å². The van der Waals surface area contributed by atoms with E-state index in [-0.39, 0.29) is 28.5 Å². The lowest BCUT2D eigenvalue weighted by Gasteiger charge is -2.16. The lowest BCUT2D eigenvalue weighted by atomic mass is 9.96. The molecule has 3 aromatic rings. The number of halogens is 4. The molecule has 0 spiro atoms. The first-order valence-corrected chi connectivity index (χ1v) is 9.49. The highest BCUT2D eigenvalue weighted by atomic mass is 79.9. The number of carbonyl (C=O) groups is 1. The minimum atomic E-state index is -4.51. The molecule has 0 bridgehead atoms. The largest absolute Gasteiger partial charge is 0.490 e. The van der Waals surface area contributed by atoms with E-state index in [9.17, 15) is 23.1 Å². The van der Waals surface area contributed by atoms with Crippen LogP contribution >= 0.6 is 15.9 Å². The van der Waals surface area contributed by atoms with Crippen LogP contribution in [0.25, 0.3) is 22.2 Å². The minimum Gasteiger partial charge on any atom is -0.490 e. The average molecular weight is 468 g/mol. The highest BCUT2D eigenvalue weighted by molar-refractivity contribution is 9.10. The van der Waals surface area contributed by atoms with Gasteiger partial charge in [-0.15, -0.1) is 0 Å². The molecule has 0 aliphatic carbocycles. The van der Waals surface area contributed by atoms with Crippen LogP contribution < -0.4 is 4.74 Å². The highest BCUT2D eigenvalue weighted by Crippen LogP contribution is 2.37. The molecule has 152 valence electrons. The first-order chi connectivity index (χ1) is 13.5. The molecule has 3 rings (SSSR count). The summed E-state index contributed by atoms with van der Waals surface area (Å²) in [5.74, 6) is -0.720. The summed E-state index contributed by atoms with van der Waals surface area (Å²) in [4.78, 5) is 16.5. The summed E-state index contributed by atoms with van der Waals surface area (Å²) in [7, 11) is 0. The van der Waals surface area contributed by atoms with Gasteiger partial charge in [-0.05, 0) is 60.5 Å². The van der Waals surface area contributed by atoms with Crippen LogP contribution in [0, 0.1) is 6.92 Å². The molecule has 0 radical (unpaired) electrons. The van der Waals surface area contributed by atoms with Gasteiger partial charge in [0, 0.05) is 17.0 Å². The third kappa shape index (κ3) is 4.22. The van der Waals surface area contributed by atoms with Gasteiger partial charge < -0.3 is 9.84 Å². The number of hydrogen-bond acceptors (Lipinski definition) is 3. The number of pyridine rings is 1. The Morgan fingerprint density at radius 3 is 2.48 bits per heavy atom. The van der Waals surface area contributed by atoms with E-state index in [1.807, 2.05) is 13.8 Å². The number of nitrogens with zero attached hydrogens (tertiary/aromatic N) is 1. The fraction of sp³-hybridized carbons (Fsp3) is 0.238. The van der Waals surface area contributed by atoms with Gasteiger partial charge in [-0.3, -0.25) is 0 Å². The molecule has 1 aromatic heterocycles. The van der Waals surface area contributed by atoms with Crippen molar-refractivity contribution in [2.45, 2.75) is 33.1 Å². The number of aromatic nitrogens is 1. The molecule has 0 aliphatic heterocycles. The number of alkyl halides is 3. The Hall–Kier alpha value is -2.61. The number of fused-ring (bicyclic) bond motifs is 1. The first-order valence-electron chi connectivity index (χ1n) is 8.70. The number of carboxylic acids is 1. The molecule has 2 aromatic carbocycles. The topological polar surface area (TPSA) is 59.4 Å². The number of aromatic carboxylic acids is 1. The minimum absolute atomic E-state index is 0.0146. The van der Waals surface area contributed by atoms with Gasteiger partial charge in [0.2, 0.25) is 0 Å².